The number of nitrogens with zero attached hydrogens (tertiary/aromatic N) is 4. The summed E-state index contributed by atoms with van der Waals surface area (Å²) in [5, 5.41) is 9.70. The number of anilines is 3. The van der Waals surface area contributed by atoms with Crippen molar-refractivity contribution in [2.24, 2.45) is 0 Å². The van der Waals surface area contributed by atoms with Crippen LogP contribution in [-0.4, -0.2) is 68.0 Å². The van der Waals surface area contributed by atoms with Crippen LogP contribution in [0.2, 0.25) is 0 Å². The largest absolute Gasteiger partial charge is 0.398 e. The first-order valence-electron chi connectivity index (χ1n) is 11.8. The summed E-state index contributed by atoms with van der Waals surface area (Å²) in [6.07, 6.45) is 0. The van der Waals surface area contributed by atoms with Crippen molar-refractivity contribution in [1.82, 2.24) is 19.4 Å². The number of carbonyl (C=O) groups excluding carboxylic acids is 1. The van der Waals surface area contributed by atoms with E-state index in [2.05, 4.69) is 20.4 Å². The lowest BCUT2D eigenvalue weighted by molar-refractivity contribution is 0.102. The maximum absolute atomic E-state index is 13.8. The third kappa shape index (κ3) is 5.08. The Morgan fingerprint density at radius 1 is 1.13 bits per heavy atom. The lowest BCUT2D eigenvalue weighted by atomic mass is 10.0. The van der Waals surface area contributed by atoms with E-state index in [0.29, 0.717) is 17.3 Å². The number of likely N-dealkylation sites (N-methyl/N-ethyl adjacent to an activating group) is 2. The number of amides is 1. The highest BCUT2D eigenvalue weighted by molar-refractivity contribution is 7.89. The summed E-state index contributed by atoms with van der Waals surface area (Å²) >= 11 is 0. The number of nitrogens with one attached hydrogen (secondary N) is 2. The van der Waals surface area contributed by atoms with E-state index >= 15 is 0 Å². The van der Waals surface area contributed by atoms with Crippen molar-refractivity contribution in [3.05, 3.63) is 64.9 Å². The number of sulfonamides is 1. The number of aromatic nitrogens is 2. The molecule has 1 aliphatic heterocycles. The summed E-state index contributed by atoms with van der Waals surface area (Å²) < 4.78 is 55.3. The van der Waals surface area contributed by atoms with Crippen LogP contribution in [0.5, 0.6) is 0 Å². The summed E-state index contributed by atoms with van der Waals surface area (Å²) in [5.74, 6) is -2.36. The Kier molecular flexibility index (Phi) is 7.21. The zero-order chi connectivity index (χ0) is 28.0. The summed E-state index contributed by atoms with van der Waals surface area (Å²) in [4.78, 5) is 16.7. The molecule has 0 radical (unpaired) electrons. The number of aromatic amines is 1. The first-order chi connectivity index (χ1) is 17.7. The van der Waals surface area contributed by atoms with Gasteiger partial charge in [-0.3, -0.25) is 9.89 Å². The highest BCUT2D eigenvalue weighted by atomic mass is 32.2. The maximum atomic E-state index is 13.8. The van der Waals surface area contributed by atoms with E-state index in [1.807, 2.05) is 26.0 Å². The minimum atomic E-state index is -4.29. The predicted octanol–water partition coefficient (Wildman–Crippen LogP) is 2.96. The van der Waals surface area contributed by atoms with Gasteiger partial charge in [-0.25, -0.2) is 17.2 Å². The van der Waals surface area contributed by atoms with Crippen molar-refractivity contribution >= 4 is 33.1 Å². The van der Waals surface area contributed by atoms with Crippen LogP contribution >= 0.6 is 0 Å². The van der Waals surface area contributed by atoms with Crippen molar-refractivity contribution in [2.75, 3.05) is 50.2 Å². The van der Waals surface area contributed by atoms with Crippen LogP contribution in [0.3, 0.4) is 0 Å². The van der Waals surface area contributed by atoms with Crippen molar-refractivity contribution in [1.29, 1.82) is 0 Å². The number of halogens is 2. The molecule has 0 spiro atoms. The smallest absolute Gasteiger partial charge is 0.258 e. The predicted molar refractivity (Wildman–Crippen MR) is 141 cm³/mol. The van der Waals surface area contributed by atoms with Crippen LogP contribution in [0.25, 0.3) is 0 Å². The number of nitrogens with two attached hydrogens (primary N) is 1. The molecule has 4 rings (SSSR count). The molecule has 0 aliphatic carbocycles. The van der Waals surface area contributed by atoms with Gasteiger partial charge in [-0.05, 0) is 58.3 Å². The highest BCUT2D eigenvalue weighted by Crippen LogP contribution is 2.44. The average Bonchev–Trinajstić information content (AvgIpc) is 3.34. The molecule has 0 unspecified atom stereocenters. The number of rotatable bonds is 8. The molecule has 1 aromatic heterocycles. The first kappa shape index (κ1) is 27.5. The van der Waals surface area contributed by atoms with Gasteiger partial charge in [0.25, 0.3) is 5.91 Å². The van der Waals surface area contributed by atoms with Gasteiger partial charge in [0.15, 0.2) is 5.82 Å². The first-order valence-corrected chi connectivity index (χ1v) is 13.3. The van der Waals surface area contributed by atoms with E-state index in [1.54, 1.807) is 32.0 Å². The van der Waals surface area contributed by atoms with Crippen molar-refractivity contribution in [2.45, 2.75) is 30.8 Å². The van der Waals surface area contributed by atoms with E-state index in [9.17, 15) is 22.0 Å². The van der Waals surface area contributed by atoms with Gasteiger partial charge in [-0.1, -0.05) is 0 Å². The number of hydrogen-bond acceptors (Lipinski definition) is 7. The number of H-pyrrole nitrogens is 1. The number of fused-ring (bicyclic) bond motifs is 1. The molecule has 0 bridgehead atoms. The molecule has 4 N–H and O–H groups in total. The average molecular weight is 548 g/mol. The van der Waals surface area contributed by atoms with E-state index in [1.165, 1.54) is 0 Å². The van der Waals surface area contributed by atoms with Crippen molar-refractivity contribution in [3.63, 3.8) is 0 Å². The van der Waals surface area contributed by atoms with Gasteiger partial charge < -0.3 is 20.9 Å². The summed E-state index contributed by atoms with van der Waals surface area (Å²) in [7, 11) is 1.61. The molecule has 0 atom stereocenters. The van der Waals surface area contributed by atoms with Gasteiger partial charge in [0.2, 0.25) is 10.0 Å². The van der Waals surface area contributed by atoms with Crippen LogP contribution < -0.4 is 16.0 Å². The van der Waals surface area contributed by atoms with Gasteiger partial charge in [0.05, 0.1) is 21.7 Å². The standard InChI is InChI=1S/C25H31F2N7O3S/c1-25(2)22-20(14-34(25)38(36,37)18-11-15(26)10-16(27)12-18)23(31-30-22)29-24(35)19-7-6-17(13-21(19)28)33(5)9-8-32(3)4/h6-7,10-13H,8-9,14,28H2,1-5H3,(H2,29,30,31,35). The molecule has 1 aliphatic rings. The van der Waals surface area contributed by atoms with Gasteiger partial charge in [-0.15, -0.1) is 0 Å². The van der Waals surface area contributed by atoms with Crippen molar-refractivity contribution < 1.29 is 22.0 Å². The Labute approximate surface area is 220 Å². The molecule has 0 saturated carbocycles. The van der Waals surface area contributed by atoms with Gasteiger partial charge >= 0.3 is 0 Å². The normalized spacial score (nSPS) is 15.1. The third-order valence-corrected chi connectivity index (χ3v) is 8.66. The molecular formula is C25H31F2N7O3S. The Bertz CT molecular complexity index is 1470. The molecule has 0 fully saturated rings. The molecule has 3 aromatic rings. The Hall–Kier alpha value is -3.55. The second-order valence-corrected chi connectivity index (χ2v) is 11.9. The van der Waals surface area contributed by atoms with E-state index in [-0.39, 0.29) is 23.6 Å². The van der Waals surface area contributed by atoms with E-state index in [0.717, 1.165) is 35.2 Å². The second-order valence-electron chi connectivity index (χ2n) is 10.1. The monoisotopic (exact) mass is 547 g/mol. The van der Waals surface area contributed by atoms with Crippen molar-refractivity contribution in [3.8, 4) is 0 Å². The molecule has 0 saturated heterocycles. The fourth-order valence-corrected chi connectivity index (χ4v) is 6.20. The van der Waals surface area contributed by atoms with Crippen LogP contribution in [0, 0.1) is 11.6 Å². The number of benzene rings is 2. The van der Waals surface area contributed by atoms with Gasteiger partial charge in [-0.2, -0.15) is 9.40 Å². The third-order valence-electron chi connectivity index (χ3n) is 6.66. The van der Waals surface area contributed by atoms with Gasteiger partial charge in [0.1, 0.15) is 11.6 Å². The van der Waals surface area contributed by atoms with Crippen LogP contribution in [-0.2, 0) is 22.1 Å². The SMILES string of the molecule is CN(C)CCN(C)c1ccc(C(=O)Nc2n[nH]c3c2CN(S(=O)(=O)c2cc(F)cc(F)c2)C3(C)C)c(N)c1. The van der Waals surface area contributed by atoms with Crippen LogP contribution in [0.1, 0.15) is 35.5 Å². The molecule has 1 amide bonds. The van der Waals surface area contributed by atoms with E-state index < -0.39 is 38.0 Å². The van der Waals surface area contributed by atoms with Crippen LogP contribution in [0.15, 0.2) is 41.3 Å². The highest BCUT2D eigenvalue weighted by Gasteiger charge is 2.48. The van der Waals surface area contributed by atoms with Crippen LogP contribution in [0.4, 0.5) is 26.0 Å². The molecule has 13 heteroatoms. The second kappa shape index (κ2) is 9.97. The fraction of sp³-hybridized carbons (Fsp3) is 0.360. The zero-order valence-corrected chi connectivity index (χ0v) is 22.7. The maximum Gasteiger partial charge on any atom is 0.258 e. The summed E-state index contributed by atoms with van der Waals surface area (Å²) in [5.41, 5.74) is 7.34. The minimum Gasteiger partial charge on any atom is -0.398 e. The van der Waals surface area contributed by atoms with Gasteiger partial charge in [0, 0.05) is 49.7 Å². The summed E-state index contributed by atoms with van der Waals surface area (Å²) in [6.45, 7) is 4.73. The molecule has 38 heavy (non-hydrogen) atoms. The Balaban J connectivity index is 1.56. The topological polar surface area (TPSA) is 128 Å². The number of hydrogen-bond donors (Lipinski definition) is 3. The zero-order valence-electron chi connectivity index (χ0n) is 21.8. The fourth-order valence-electron chi connectivity index (χ4n) is 4.43. The Morgan fingerprint density at radius 2 is 1.79 bits per heavy atom. The van der Waals surface area contributed by atoms with E-state index in [4.69, 9.17) is 5.73 Å². The number of carbonyl (C=O) groups is 1. The lowest BCUT2D eigenvalue weighted by Crippen LogP contribution is -2.40. The minimum absolute atomic E-state index is 0.146. The summed E-state index contributed by atoms with van der Waals surface area (Å²) in [6, 6.07) is 7.28. The lowest BCUT2D eigenvalue weighted by Gasteiger charge is -2.30. The molecule has 204 valence electrons. The quantitative estimate of drug-likeness (QED) is 0.370. The Morgan fingerprint density at radius 3 is 2.39 bits per heavy atom. The molecule has 10 nitrogen and oxygen atoms in total. The number of nitrogen functional groups attached to an aromatic ring is 1. The molecular weight excluding hydrogens is 516 g/mol. The molecule has 2 aromatic carbocycles. The molecule has 2 heterocycles.